The number of esters is 1. The fourth-order valence-electron chi connectivity index (χ4n) is 2.83. The Hall–Kier alpha value is -2.90. The molecular weight excluding hydrogens is 350 g/mol. The molecule has 27 heavy (non-hydrogen) atoms. The van der Waals surface area contributed by atoms with E-state index in [0.717, 1.165) is 23.2 Å². The molecule has 0 aromatic heterocycles. The maximum absolute atomic E-state index is 12.3. The number of carbonyl (C=O) groups excluding carboxylic acids is 4. The maximum atomic E-state index is 12.3. The molecule has 1 fully saturated rings. The SMILES string of the molecule is CCCNC(=O)NC(=O)COC(=O)[C@@H]1CC(=O)N(c2cccc(C)c2C)C1. The van der Waals surface area contributed by atoms with Gasteiger partial charge in [0.15, 0.2) is 6.61 Å². The molecule has 0 unspecified atom stereocenters. The van der Waals surface area contributed by atoms with E-state index in [1.807, 2.05) is 39.0 Å². The number of ether oxygens (including phenoxy) is 1. The first kappa shape index (κ1) is 20.4. The molecule has 0 spiro atoms. The van der Waals surface area contributed by atoms with Crippen molar-refractivity contribution in [1.82, 2.24) is 10.6 Å². The molecular formula is C19H25N3O5. The first-order valence-electron chi connectivity index (χ1n) is 8.94. The molecule has 1 aromatic rings. The van der Waals surface area contributed by atoms with Crippen molar-refractivity contribution in [1.29, 1.82) is 0 Å². The van der Waals surface area contributed by atoms with Crippen LogP contribution < -0.4 is 15.5 Å². The molecule has 0 bridgehead atoms. The van der Waals surface area contributed by atoms with Crippen LogP contribution in [0.4, 0.5) is 10.5 Å². The minimum absolute atomic E-state index is 0.0326. The smallest absolute Gasteiger partial charge is 0.321 e. The Morgan fingerprint density at radius 2 is 2.00 bits per heavy atom. The number of urea groups is 1. The number of nitrogens with one attached hydrogen (secondary N) is 2. The lowest BCUT2D eigenvalue weighted by Crippen LogP contribution is -2.42. The molecule has 1 aliphatic rings. The largest absolute Gasteiger partial charge is 0.455 e. The number of imide groups is 1. The minimum Gasteiger partial charge on any atom is -0.455 e. The molecule has 1 aromatic carbocycles. The number of carbonyl (C=O) groups is 4. The Morgan fingerprint density at radius 1 is 1.26 bits per heavy atom. The molecule has 0 aliphatic carbocycles. The van der Waals surface area contributed by atoms with Crippen LogP contribution in [0.15, 0.2) is 18.2 Å². The molecule has 1 atom stereocenters. The van der Waals surface area contributed by atoms with Crippen molar-refractivity contribution < 1.29 is 23.9 Å². The van der Waals surface area contributed by atoms with Gasteiger partial charge in [-0.2, -0.15) is 0 Å². The molecule has 1 saturated heterocycles. The molecule has 146 valence electrons. The van der Waals surface area contributed by atoms with Gasteiger partial charge in [0.2, 0.25) is 5.91 Å². The fourth-order valence-corrected chi connectivity index (χ4v) is 2.83. The average Bonchev–Trinajstić information content (AvgIpc) is 3.02. The van der Waals surface area contributed by atoms with Crippen molar-refractivity contribution in [2.75, 3.05) is 24.6 Å². The van der Waals surface area contributed by atoms with Gasteiger partial charge in [0.25, 0.3) is 5.91 Å². The highest BCUT2D eigenvalue weighted by atomic mass is 16.5. The van der Waals surface area contributed by atoms with Gasteiger partial charge in [0.05, 0.1) is 5.92 Å². The van der Waals surface area contributed by atoms with Crippen LogP contribution in [0.1, 0.15) is 30.9 Å². The molecule has 8 nitrogen and oxygen atoms in total. The number of rotatable bonds is 6. The molecule has 8 heteroatoms. The summed E-state index contributed by atoms with van der Waals surface area (Å²) in [4.78, 5) is 49.1. The van der Waals surface area contributed by atoms with Gasteiger partial charge in [-0.3, -0.25) is 19.7 Å². The second kappa shape index (κ2) is 9.16. The predicted molar refractivity (Wildman–Crippen MR) is 99.2 cm³/mol. The summed E-state index contributed by atoms with van der Waals surface area (Å²) in [5, 5.41) is 4.56. The highest BCUT2D eigenvalue weighted by molar-refractivity contribution is 6.00. The zero-order chi connectivity index (χ0) is 20.0. The Morgan fingerprint density at radius 3 is 2.70 bits per heavy atom. The molecule has 1 heterocycles. The van der Waals surface area contributed by atoms with Gasteiger partial charge in [0.1, 0.15) is 0 Å². The number of hydrogen-bond acceptors (Lipinski definition) is 5. The molecule has 1 aliphatic heterocycles. The van der Waals surface area contributed by atoms with Crippen LogP contribution in [0.3, 0.4) is 0 Å². The molecule has 0 saturated carbocycles. The predicted octanol–water partition coefficient (Wildman–Crippen LogP) is 1.44. The van der Waals surface area contributed by atoms with E-state index in [2.05, 4.69) is 10.6 Å². The number of anilines is 1. The third kappa shape index (κ3) is 5.29. The van der Waals surface area contributed by atoms with Gasteiger partial charge < -0.3 is 15.0 Å². The summed E-state index contributed by atoms with van der Waals surface area (Å²) in [5.41, 5.74) is 2.82. The van der Waals surface area contributed by atoms with Crippen LogP contribution in [-0.4, -0.2) is 43.5 Å². The summed E-state index contributed by atoms with van der Waals surface area (Å²) in [7, 11) is 0. The van der Waals surface area contributed by atoms with Crippen molar-refractivity contribution >= 4 is 29.5 Å². The van der Waals surface area contributed by atoms with Crippen molar-refractivity contribution in [3.63, 3.8) is 0 Å². The second-order valence-corrected chi connectivity index (χ2v) is 6.54. The number of aryl methyl sites for hydroxylation is 1. The van der Waals surface area contributed by atoms with Gasteiger partial charge in [-0.15, -0.1) is 0 Å². The normalized spacial score (nSPS) is 16.2. The first-order chi connectivity index (χ1) is 12.8. The van der Waals surface area contributed by atoms with E-state index in [1.165, 1.54) is 0 Å². The molecule has 4 amide bonds. The molecule has 2 rings (SSSR count). The lowest BCUT2D eigenvalue weighted by molar-refractivity contribution is -0.152. The summed E-state index contributed by atoms with van der Waals surface area (Å²) in [6.45, 7) is 5.86. The highest BCUT2D eigenvalue weighted by Gasteiger charge is 2.37. The van der Waals surface area contributed by atoms with Gasteiger partial charge >= 0.3 is 12.0 Å². The zero-order valence-electron chi connectivity index (χ0n) is 15.8. The van der Waals surface area contributed by atoms with Crippen LogP contribution in [-0.2, 0) is 19.1 Å². The quantitative estimate of drug-likeness (QED) is 0.732. The maximum Gasteiger partial charge on any atom is 0.321 e. The van der Waals surface area contributed by atoms with Crippen molar-refractivity contribution in [2.24, 2.45) is 5.92 Å². The first-order valence-corrected chi connectivity index (χ1v) is 8.94. The van der Waals surface area contributed by atoms with E-state index in [4.69, 9.17) is 4.74 Å². The van der Waals surface area contributed by atoms with Gasteiger partial charge in [0, 0.05) is 25.2 Å². The fraction of sp³-hybridized carbons (Fsp3) is 0.474. The van der Waals surface area contributed by atoms with Gasteiger partial charge in [-0.25, -0.2) is 4.79 Å². The third-order valence-electron chi connectivity index (χ3n) is 4.46. The van der Waals surface area contributed by atoms with Crippen molar-refractivity contribution in [3.05, 3.63) is 29.3 Å². The van der Waals surface area contributed by atoms with E-state index < -0.39 is 30.4 Å². The Balaban J connectivity index is 1.87. The number of nitrogens with zero attached hydrogens (tertiary/aromatic N) is 1. The van der Waals surface area contributed by atoms with Crippen molar-refractivity contribution in [2.45, 2.75) is 33.6 Å². The third-order valence-corrected chi connectivity index (χ3v) is 4.46. The van der Waals surface area contributed by atoms with Gasteiger partial charge in [-0.05, 0) is 37.5 Å². The number of amides is 4. The monoisotopic (exact) mass is 375 g/mol. The minimum atomic E-state index is -0.715. The van der Waals surface area contributed by atoms with E-state index >= 15 is 0 Å². The summed E-state index contributed by atoms with van der Waals surface area (Å²) < 4.78 is 4.97. The molecule has 2 N–H and O–H groups in total. The van der Waals surface area contributed by atoms with Crippen LogP contribution in [0, 0.1) is 19.8 Å². The van der Waals surface area contributed by atoms with E-state index in [1.54, 1.807) is 4.90 Å². The van der Waals surface area contributed by atoms with Gasteiger partial charge in [-0.1, -0.05) is 19.1 Å². The van der Waals surface area contributed by atoms with E-state index in [0.29, 0.717) is 6.54 Å². The summed E-state index contributed by atoms with van der Waals surface area (Å²) in [5.74, 6) is -2.14. The number of benzene rings is 1. The topological polar surface area (TPSA) is 105 Å². The van der Waals surface area contributed by atoms with E-state index in [-0.39, 0.29) is 18.9 Å². The van der Waals surface area contributed by atoms with Crippen molar-refractivity contribution in [3.8, 4) is 0 Å². The van der Waals surface area contributed by atoms with E-state index in [9.17, 15) is 19.2 Å². The Bertz CT molecular complexity index is 747. The number of hydrogen-bond donors (Lipinski definition) is 2. The Kier molecular flexibility index (Phi) is 6.92. The zero-order valence-corrected chi connectivity index (χ0v) is 15.8. The molecule has 0 radical (unpaired) electrons. The highest BCUT2D eigenvalue weighted by Crippen LogP contribution is 2.29. The second-order valence-electron chi connectivity index (χ2n) is 6.54. The summed E-state index contributed by atoms with van der Waals surface area (Å²) in [6, 6.07) is 5.04. The summed E-state index contributed by atoms with van der Waals surface area (Å²) in [6.07, 6.45) is 0.772. The average molecular weight is 375 g/mol. The lowest BCUT2D eigenvalue weighted by Gasteiger charge is -2.20. The summed E-state index contributed by atoms with van der Waals surface area (Å²) >= 11 is 0. The van der Waals surface area contributed by atoms with Crippen LogP contribution >= 0.6 is 0 Å². The van der Waals surface area contributed by atoms with Crippen LogP contribution in [0.25, 0.3) is 0 Å². The van der Waals surface area contributed by atoms with Crippen LogP contribution in [0.2, 0.25) is 0 Å². The standard InChI is InChI=1S/C19H25N3O5/c1-4-8-20-19(26)21-16(23)11-27-18(25)14-9-17(24)22(10-14)15-7-5-6-12(2)13(15)3/h5-7,14H,4,8-11H2,1-3H3,(H2,20,21,23,26)/t14-/m1/s1. The lowest BCUT2D eigenvalue weighted by atomic mass is 10.1. The van der Waals surface area contributed by atoms with Crippen LogP contribution in [0.5, 0.6) is 0 Å². The Labute approximate surface area is 158 Å².